The maximum absolute atomic E-state index is 13.1. The smallest absolute Gasteiger partial charge is 0.369 e. The van der Waals surface area contributed by atoms with Gasteiger partial charge in [-0.15, -0.1) is 0 Å². The lowest BCUT2D eigenvalue weighted by atomic mass is 9.90. The molecule has 3 N–H and O–H groups in total. The van der Waals surface area contributed by atoms with Crippen LogP contribution in [0.2, 0.25) is 0 Å². The van der Waals surface area contributed by atoms with E-state index < -0.39 is 39.4 Å². The van der Waals surface area contributed by atoms with E-state index in [0.29, 0.717) is 17.7 Å². The summed E-state index contributed by atoms with van der Waals surface area (Å²) in [6, 6.07) is 7.19. The Bertz CT molecular complexity index is 1160. The van der Waals surface area contributed by atoms with Crippen molar-refractivity contribution < 1.29 is 44.7 Å². The summed E-state index contributed by atoms with van der Waals surface area (Å²) in [6.07, 6.45) is -10.7. The zero-order chi connectivity index (χ0) is 25.5. The molecule has 0 aromatic heterocycles. The van der Waals surface area contributed by atoms with Gasteiger partial charge in [-0.2, -0.15) is 26.3 Å². The van der Waals surface area contributed by atoms with Crippen molar-refractivity contribution in [1.82, 2.24) is 4.72 Å². The minimum Gasteiger partial charge on any atom is -0.369 e. The number of carbonyl (C=O) groups excluding carboxylic acids is 1. The first-order valence-electron chi connectivity index (χ1n) is 9.92. The molecule has 13 heteroatoms. The van der Waals surface area contributed by atoms with Gasteiger partial charge in [0.2, 0.25) is 15.9 Å². The van der Waals surface area contributed by atoms with Gasteiger partial charge in [0, 0.05) is 17.3 Å². The van der Waals surface area contributed by atoms with Gasteiger partial charge in [0.1, 0.15) is 0 Å². The highest BCUT2D eigenvalue weighted by Crippen LogP contribution is 2.50. The van der Waals surface area contributed by atoms with Gasteiger partial charge in [0.05, 0.1) is 11.3 Å². The van der Waals surface area contributed by atoms with Crippen LogP contribution < -0.4 is 10.0 Å². The van der Waals surface area contributed by atoms with Crippen LogP contribution in [0.5, 0.6) is 0 Å². The molecule has 1 saturated carbocycles. The number of anilines is 1. The van der Waals surface area contributed by atoms with Gasteiger partial charge in [-0.25, -0.2) is 13.1 Å². The predicted molar refractivity (Wildman–Crippen MR) is 109 cm³/mol. The second kappa shape index (κ2) is 8.86. The molecule has 0 radical (unpaired) electrons. The van der Waals surface area contributed by atoms with Crippen LogP contribution in [0.3, 0.4) is 0 Å². The highest BCUT2D eigenvalue weighted by molar-refractivity contribution is 7.89. The number of sulfonamides is 1. The van der Waals surface area contributed by atoms with E-state index in [0.717, 1.165) is 18.9 Å². The molecule has 2 aromatic rings. The van der Waals surface area contributed by atoms with Crippen LogP contribution >= 0.6 is 0 Å². The monoisotopic (exact) mass is 510 g/mol. The molecule has 0 spiro atoms. The molecule has 0 unspecified atom stereocenters. The molecule has 186 valence electrons. The third kappa shape index (κ3) is 5.36. The fourth-order valence-corrected chi connectivity index (χ4v) is 4.48. The Morgan fingerprint density at radius 3 is 2.03 bits per heavy atom. The van der Waals surface area contributed by atoms with Crippen molar-refractivity contribution in [2.45, 2.75) is 55.1 Å². The van der Waals surface area contributed by atoms with Crippen molar-refractivity contribution in [2.24, 2.45) is 0 Å². The first-order valence-corrected chi connectivity index (χ1v) is 11.4. The molecule has 0 aliphatic heterocycles. The number of benzene rings is 2. The maximum atomic E-state index is 13.1. The third-order valence-corrected chi connectivity index (χ3v) is 6.77. The average Bonchev–Trinajstić information content (AvgIpc) is 3.51. The van der Waals surface area contributed by atoms with E-state index in [1.807, 2.05) is 0 Å². The first kappa shape index (κ1) is 26.0. The van der Waals surface area contributed by atoms with Gasteiger partial charge >= 0.3 is 12.4 Å². The number of hydrogen-bond donors (Lipinski definition) is 3. The Balaban J connectivity index is 1.72. The molecular formula is C21H20F6N2O4S. The molecule has 3 rings (SSSR count). The first-order chi connectivity index (χ1) is 15.5. The molecule has 6 nitrogen and oxygen atoms in total. The SMILES string of the molecule is Cc1cc(C(O)(C(F)(F)F)C(F)(F)F)ccc1NC(=O)Cc1ccc(S(=O)(=O)NC2CC2)cc1. The quantitative estimate of drug-likeness (QED) is 0.492. The molecule has 2 aromatic carbocycles. The summed E-state index contributed by atoms with van der Waals surface area (Å²) in [7, 11) is -3.66. The molecule has 1 amide bonds. The molecule has 0 heterocycles. The Hall–Kier alpha value is -2.64. The van der Waals surface area contributed by atoms with E-state index in [2.05, 4.69) is 10.0 Å². The van der Waals surface area contributed by atoms with E-state index in [-0.39, 0.29) is 28.6 Å². The highest BCUT2D eigenvalue weighted by atomic mass is 32.2. The average molecular weight is 510 g/mol. The van der Waals surface area contributed by atoms with Crippen LogP contribution in [-0.2, 0) is 26.8 Å². The van der Waals surface area contributed by atoms with Crippen molar-refractivity contribution in [2.75, 3.05) is 5.32 Å². The molecule has 1 fully saturated rings. The van der Waals surface area contributed by atoms with Crippen molar-refractivity contribution in [3.05, 3.63) is 59.2 Å². The second-order valence-corrected chi connectivity index (χ2v) is 9.71. The van der Waals surface area contributed by atoms with Gasteiger partial charge in [0.25, 0.3) is 5.60 Å². The normalized spacial score (nSPS) is 15.3. The summed E-state index contributed by atoms with van der Waals surface area (Å²) in [5.74, 6) is -0.635. The number of alkyl halides is 6. The lowest BCUT2D eigenvalue weighted by molar-refractivity contribution is -0.376. The van der Waals surface area contributed by atoms with Crippen molar-refractivity contribution >= 4 is 21.6 Å². The van der Waals surface area contributed by atoms with Crippen LogP contribution in [0.25, 0.3) is 0 Å². The van der Waals surface area contributed by atoms with Crippen molar-refractivity contribution in [3.8, 4) is 0 Å². The van der Waals surface area contributed by atoms with E-state index >= 15 is 0 Å². The summed E-state index contributed by atoms with van der Waals surface area (Å²) in [5.41, 5.74) is -6.25. The summed E-state index contributed by atoms with van der Waals surface area (Å²) < 4.78 is 105. The lowest BCUT2D eigenvalue weighted by Crippen LogP contribution is -2.53. The van der Waals surface area contributed by atoms with Crippen molar-refractivity contribution in [1.29, 1.82) is 0 Å². The lowest BCUT2D eigenvalue weighted by Gasteiger charge is -2.33. The fraction of sp³-hybridized carbons (Fsp3) is 0.381. The number of halogens is 6. The van der Waals surface area contributed by atoms with Gasteiger partial charge in [-0.05, 0) is 49.1 Å². The van der Waals surface area contributed by atoms with Gasteiger partial charge in [0.15, 0.2) is 0 Å². The van der Waals surface area contributed by atoms with Gasteiger partial charge in [-0.1, -0.05) is 24.3 Å². The topological polar surface area (TPSA) is 95.5 Å². The molecule has 1 aliphatic rings. The number of aliphatic hydroxyl groups is 1. The van der Waals surface area contributed by atoms with Crippen LogP contribution in [0.15, 0.2) is 47.4 Å². The minimum atomic E-state index is -6.02. The van der Waals surface area contributed by atoms with Crippen LogP contribution in [-0.4, -0.2) is 37.8 Å². The second-order valence-electron chi connectivity index (χ2n) is 8.00. The maximum Gasteiger partial charge on any atom is 0.430 e. The van der Waals surface area contributed by atoms with Crippen LogP contribution in [0.1, 0.15) is 29.5 Å². The summed E-state index contributed by atoms with van der Waals surface area (Å²) in [6.45, 7) is 1.18. The highest BCUT2D eigenvalue weighted by Gasteiger charge is 2.71. The molecule has 0 saturated heterocycles. The summed E-state index contributed by atoms with van der Waals surface area (Å²) in [4.78, 5) is 12.3. The number of hydrogen-bond acceptors (Lipinski definition) is 4. The molecule has 0 bridgehead atoms. The summed E-state index contributed by atoms with van der Waals surface area (Å²) >= 11 is 0. The number of nitrogens with one attached hydrogen (secondary N) is 2. The molecule has 1 aliphatic carbocycles. The Morgan fingerprint density at radius 1 is 1.00 bits per heavy atom. The third-order valence-electron chi connectivity index (χ3n) is 5.24. The molecular weight excluding hydrogens is 490 g/mol. The number of rotatable bonds is 7. The number of carbonyl (C=O) groups is 1. The standard InChI is InChI=1S/C21H20F6N2O4S/c1-12-10-14(19(31,20(22,23)24)21(25,26)27)4-9-17(12)28-18(30)11-13-2-7-16(8-3-13)34(32,33)29-15-5-6-15/h2-4,7-10,15,29,31H,5-6,11H2,1H3,(H,28,30). The molecule has 0 atom stereocenters. The fourth-order valence-electron chi connectivity index (χ4n) is 3.17. The molecule has 34 heavy (non-hydrogen) atoms. The predicted octanol–water partition coefficient (Wildman–Crippen LogP) is 3.93. The van der Waals surface area contributed by atoms with Crippen LogP contribution in [0, 0.1) is 6.92 Å². The van der Waals surface area contributed by atoms with E-state index in [9.17, 15) is 44.7 Å². The largest absolute Gasteiger partial charge is 0.430 e. The number of amides is 1. The Morgan fingerprint density at radius 2 is 1.56 bits per heavy atom. The Kier molecular flexibility index (Phi) is 6.77. The zero-order valence-corrected chi connectivity index (χ0v) is 18.4. The van der Waals surface area contributed by atoms with E-state index in [1.54, 1.807) is 0 Å². The zero-order valence-electron chi connectivity index (χ0n) is 17.6. The van der Waals surface area contributed by atoms with E-state index in [4.69, 9.17) is 0 Å². The van der Waals surface area contributed by atoms with Gasteiger partial charge < -0.3 is 10.4 Å². The van der Waals surface area contributed by atoms with E-state index in [1.165, 1.54) is 31.2 Å². The Labute approximate surface area is 191 Å². The summed E-state index contributed by atoms with van der Waals surface area (Å²) in [5, 5.41) is 11.9. The van der Waals surface area contributed by atoms with Crippen molar-refractivity contribution in [3.63, 3.8) is 0 Å². The minimum absolute atomic E-state index is 0.0248. The van der Waals surface area contributed by atoms with Gasteiger partial charge in [-0.3, -0.25) is 4.79 Å². The number of aryl methyl sites for hydroxylation is 1. The van der Waals surface area contributed by atoms with Crippen LogP contribution in [0.4, 0.5) is 32.0 Å².